The third-order valence-electron chi connectivity index (χ3n) is 6.07. The highest BCUT2D eigenvalue weighted by Gasteiger charge is 2.29. The number of anilines is 1. The van der Waals surface area contributed by atoms with Gasteiger partial charge in [0.25, 0.3) is 0 Å². The molecule has 1 aromatic heterocycles. The number of nitrogens with zero attached hydrogens (tertiary/aromatic N) is 4. The van der Waals surface area contributed by atoms with E-state index in [4.69, 9.17) is 9.72 Å². The van der Waals surface area contributed by atoms with Gasteiger partial charge in [0.05, 0.1) is 24.2 Å². The maximum absolute atomic E-state index is 12.7. The molecule has 3 aromatic rings. The zero-order valence-corrected chi connectivity index (χ0v) is 18.5. The van der Waals surface area contributed by atoms with Crippen LogP contribution in [-0.4, -0.2) is 72.3 Å². The van der Waals surface area contributed by atoms with Gasteiger partial charge in [-0.3, -0.25) is 4.79 Å². The number of carbonyl (C=O) groups excluding carboxylic acids is 1. The molecule has 7 nitrogen and oxygen atoms in total. The first-order chi connectivity index (χ1) is 14.7. The number of benzene rings is 2. The van der Waals surface area contributed by atoms with Gasteiger partial charge in [-0.1, -0.05) is 24.3 Å². The predicted molar refractivity (Wildman–Crippen MR) is 125 cm³/mol. The number of halogens is 1. The molecule has 1 atom stereocenters. The summed E-state index contributed by atoms with van der Waals surface area (Å²) >= 11 is 0. The van der Waals surface area contributed by atoms with Crippen molar-refractivity contribution in [2.45, 2.75) is 6.04 Å². The smallest absolute Gasteiger partial charge is 0.242 e. The molecule has 2 aliphatic rings. The van der Waals surface area contributed by atoms with E-state index < -0.39 is 0 Å². The monoisotopic (exact) mass is 441 g/mol. The van der Waals surface area contributed by atoms with Gasteiger partial charge < -0.3 is 24.4 Å². The van der Waals surface area contributed by atoms with Gasteiger partial charge in [0.15, 0.2) is 0 Å². The molecular formula is C23H28ClN5O2. The molecule has 2 aliphatic heterocycles. The lowest BCUT2D eigenvalue weighted by atomic mass is 10.1. The molecular weight excluding hydrogens is 414 g/mol. The lowest BCUT2D eigenvalue weighted by molar-refractivity contribution is -0.136. The Balaban J connectivity index is 0.00000231. The van der Waals surface area contributed by atoms with Gasteiger partial charge in [0.2, 0.25) is 5.91 Å². The summed E-state index contributed by atoms with van der Waals surface area (Å²) in [5, 5.41) is 3.26. The quantitative estimate of drug-likeness (QED) is 0.675. The van der Waals surface area contributed by atoms with Gasteiger partial charge in [-0.15, -0.1) is 12.4 Å². The van der Waals surface area contributed by atoms with Crippen LogP contribution in [0.15, 0.2) is 48.5 Å². The van der Waals surface area contributed by atoms with E-state index in [-0.39, 0.29) is 24.4 Å². The summed E-state index contributed by atoms with van der Waals surface area (Å²) in [5.41, 5.74) is 4.41. The molecule has 0 saturated carbocycles. The van der Waals surface area contributed by atoms with E-state index in [9.17, 15) is 4.79 Å². The van der Waals surface area contributed by atoms with Crippen LogP contribution in [-0.2, 0) is 16.6 Å². The first-order valence-electron chi connectivity index (χ1n) is 10.6. The Labute approximate surface area is 188 Å². The number of amides is 1. The van der Waals surface area contributed by atoms with Gasteiger partial charge in [-0.2, -0.15) is 0 Å². The lowest BCUT2D eigenvalue weighted by Crippen LogP contribution is -2.57. The third-order valence-corrected chi connectivity index (χ3v) is 6.07. The summed E-state index contributed by atoms with van der Waals surface area (Å²) < 4.78 is 7.59. The minimum Gasteiger partial charge on any atom is -0.378 e. The fourth-order valence-corrected chi connectivity index (χ4v) is 4.37. The maximum Gasteiger partial charge on any atom is 0.242 e. The highest BCUT2D eigenvalue weighted by atomic mass is 35.5. The summed E-state index contributed by atoms with van der Waals surface area (Å²) in [6.45, 7) is 5.00. The first-order valence-corrected chi connectivity index (χ1v) is 10.6. The van der Waals surface area contributed by atoms with E-state index in [1.54, 1.807) is 0 Å². The maximum atomic E-state index is 12.7. The molecule has 0 spiro atoms. The van der Waals surface area contributed by atoms with Crippen molar-refractivity contribution in [2.75, 3.05) is 50.8 Å². The number of hydrogen-bond donors (Lipinski definition) is 1. The zero-order chi connectivity index (χ0) is 20.5. The first kappa shape index (κ1) is 21.6. The molecule has 2 fully saturated rings. The van der Waals surface area contributed by atoms with Crippen LogP contribution in [0.3, 0.4) is 0 Å². The summed E-state index contributed by atoms with van der Waals surface area (Å²) in [7, 11) is 2.06. The molecule has 1 amide bonds. The van der Waals surface area contributed by atoms with Crippen LogP contribution in [0, 0.1) is 0 Å². The molecule has 3 heterocycles. The number of aromatic nitrogens is 2. The normalized spacial score (nSPS) is 19.3. The topological polar surface area (TPSA) is 62.6 Å². The van der Waals surface area contributed by atoms with E-state index in [2.05, 4.69) is 52.2 Å². The Morgan fingerprint density at radius 2 is 1.90 bits per heavy atom. The van der Waals surface area contributed by atoms with Crippen LogP contribution in [0.25, 0.3) is 22.4 Å². The average molecular weight is 442 g/mol. The number of piperazine rings is 1. The van der Waals surface area contributed by atoms with E-state index in [1.807, 2.05) is 23.1 Å². The molecule has 8 heteroatoms. The molecule has 0 bridgehead atoms. The second-order valence-electron chi connectivity index (χ2n) is 7.93. The number of carbonyl (C=O) groups is 1. The second kappa shape index (κ2) is 9.26. The fraction of sp³-hybridized carbons (Fsp3) is 0.391. The van der Waals surface area contributed by atoms with Crippen molar-refractivity contribution in [2.24, 2.45) is 7.05 Å². The molecule has 2 saturated heterocycles. The number of nitrogens with one attached hydrogen (secondary N) is 1. The summed E-state index contributed by atoms with van der Waals surface area (Å²) in [4.78, 5) is 21.8. The molecule has 0 radical (unpaired) electrons. The van der Waals surface area contributed by atoms with Crippen molar-refractivity contribution in [3.05, 3.63) is 48.5 Å². The van der Waals surface area contributed by atoms with Gasteiger partial charge in [-0.25, -0.2) is 4.98 Å². The van der Waals surface area contributed by atoms with Crippen molar-refractivity contribution in [3.63, 3.8) is 0 Å². The van der Waals surface area contributed by atoms with Crippen LogP contribution in [0.2, 0.25) is 0 Å². The van der Waals surface area contributed by atoms with Gasteiger partial charge in [0, 0.05) is 51.0 Å². The number of ether oxygens (including phenoxy) is 1. The number of rotatable bonds is 3. The molecule has 164 valence electrons. The predicted octanol–water partition coefficient (Wildman–Crippen LogP) is 2.30. The number of hydrogen-bond acceptors (Lipinski definition) is 5. The second-order valence-corrected chi connectivity index (χ2v) is 7.93. The Kier molecular flexibility index (Phi) is 6.46. The van der Waals surface area contributed by atoms with Crippen molar-refractivity contribution < 1.29 is 9.53 Å². The summed E-state index contributed by atoms with van der Waals surface area (Å²) in [6, 6.07) is 16.5. The summed E-state index contributed by atoms with van der Waals surface area (Å²) in [6.07, 6.45) is 0. The number of imidazole rings is 1. The van der Waals surface area contributed by atoms with Crippen LogP contribution < -0.4 is 10.2 Å². The highest BCUT2D eigenvalue weighted by molar-refractivity contribution is 5.85. The van der Waals surface area contributed by atoms with E-state index >= 15 is 0 Å². The Bertz CT molecular complexity index is 1060. The van der Waals surface area contributed by atoms with Crippen molar-refractivity contribution >= 4 is 35.0 Å². The largest absolute Gasteiger partial charge is 0.378 e. The molecule has 5 rings (SSSR count). The Hall–Kier alpha value is -2.61. The van der Waals surface area contributed by atoms with Crippen LogP contribution >= 0.6 is 12.4 Å². The molecule has 2 aromatic carbocycles. The van der Waals surface area contributed by atoms with Gasteiger partial charge in [-0.05, 0) is 24.3 Å². The van der Waals surface area contributed by atoms with E-state index in [0.717, 1.165) is 55.1 Å². The van der Waals surface area contributed by atoms with Crippen molar-refractivity contribution in [3.8, 4) is 11.4 Å². The molecule has 1 N–H and O–H groups in total. The minimum atomic E-state index is -0.203. The van der Waals surface area contributed by atoms with Gasteiger partial charge >= 0.3 is 0 Å². The Morgan fingerprint density at radius 1 is 1.10 bits per heavy atom. The average Bonchev–Trinajstić information content (AvgIpc) is 3.16. The lowest BCUT2D eigenvalue weighted by Gasteiger charge is -2.38. The highest BCUT2D eigenvalue weighted by Crippen LogP contribution is 2.27. The number of para-hydroxylation sites is 2. The molecule has 31 heavy (non-hydrogen) atoms. The van der Waals surface area contributed by atoms with Gasteiger partial charge in [0.1, 0.15) is 11.9 Å². The number of aryl methyl sites for hydroxylation is 1. The number of fused-ring (bicyclic) bond motifs is 1. The third kappa shape index (κ3) is 4.26. The van der Waals surface area contributed by atoms with Crippen molar-refractivity contribution in [1.82, 2.24) is 19.8 Å². The van der Waals surface area contributed by atoms with Crippen LogP contribution in [0.5, 0.6) is 0 Å². The van der Waals surface area contributed by atoms with E-state index in [0.29, 0.717) is 13.2 Å². The molecule has 0 aliphatic carbocycles. The van der Waals surface area contributed by atoms with Crippen LogP contribution in [0.1, 0.15) is 0 Å². The SMILES string of the molecule is Cl.Cn1c(-c2cccc(N3CCN(C(=O)[C@@H]4COCCN4)CC3)c2)nc2ccccc21. The fourth-order valence-electron chi connectivity index (χ4n) is 4.37. The van der Waals surface area contributed by atoms with Crippen LogP contribution in [0.4, 0.5) is 5.69 Å². The zero-order valence-electron chi connectivity index (χ0n) is 17.7. The molecule has 0 unspecified atom stereocenters. The minimum absolute atomic E-state index is 0. The Morgan fingerprint density at radius 3 is 2.65 bits per heavy atom. The summed E-state index contributed by atoms with van der Waals surface area (Å²) in [5.74, 6) is 1.12. The number of morpholine rings is 1. The standard InChI is InChI=1S/C23H27N5O2.ClH/c1-26-21-8-3-2-7-19(21)25-22(26)17-5-4-6-18(15-17)27-10-12-28(13-11-27)23(29)20-16-30-14-9-24-20;/h2-8,15,20,24H,9-14,16H2,1H3;1H/t20-;/m0./s1. The van der Waals surface area contributed by atoms with E-state index in [1.165, 1.54) is 5.69 Å². The van der Waals surface area contributed by atoms with Crippen molar-refractivity contribution in [1.29, 1.82) is 0 Å².